The second-order valence-electron chi connectivity index (χ2n) is 7.13. The van der Waals surface area contributed by atoms with Gasteiger partial charge in [0.05, 0.1) is 25.9 Å². The number of hydrogen-bond donors (Lipinski definition) is 4. The van der Waals surface area contributed by atoms with E-state index in [4.69, 9.17) is 18.9 Å². The maximum atomic E-state index is 12.9. The second-order valence-corrected chi connectivity index (χ2v) is 7.13. The molecule has 9 atom stereocenters. The predicted octanol–water partition coefficient (Wildman–Crippen LogP) is -2.31. The van der Waals surface area contributed by atoms with Gasteiger partial charge in [0, 0.05) is 0 Å². The van der Waals surface area contributed by atoms with Crippen LogP contribution in [0.2, 0.25) is 0 Å². The molecule has 0 aromatic heterocycles. The summed E-state index contributed by atoms with van der Waals surface area (Å²) < 4.78 is 20.9. The van der Waals surface area contributed by atoms with Crippen LogP contribution < -0.4 is 0 Å². The average molecular weight is 376 g/mol. The monoisotopic (exact) mass is 376 g/mol. The lowest BCUT2D eigenvalue weighted by Gasteiger charge is -2.41. The standard InChI is InChI=1S/C16H24O10/c1-16(8-4-3-6(24-8)9(16)13(21)23-2)15(22)26-14-12(20)11(19)10(18)7(5-17)25-14/h6-12,14,17-20H,3-5H2,1-2H3/t6-,7+,8+,9+,10+,11-,12+,14-,16-/m0/s1. The molecule has 0 aliphatic carbocycles. The highest BCUT2D eigenvalue weighted by Crippen LogP contribution is 2.53. The third-order valence-electron chi connectivity index (χ3n) is 5.71. The van der Waals surface area contributed by atoms with Gasteiger partial charge >= 0.3 is 11.9 Å². The second kappa shape index (κ2) is 7.02. The Kier molecular flexibility index (Phi) is 5.26. The van der Waals surface area contributed by atoms with E-state index in [1.165, 1.54) is 14.0 Å². The molecule has 3 saturated heterocycles. The molecule has 3 aliphatic heterocycles. The Morgan fingerprint density at radius 3 is 2.42 bits per heavy atom. The Balaban J connectivity index is 1.79. The summed E-state index contributed by atoms with van der Waals surface area (Å²) in [6.45, 7) is 0.889. The Morgan fingerprint density at radius 2 is 1.81 bits per heavy atom. The van der Waals surface area contributed by atoms with Crippen LogP contribution >= 0.6 is 0 Å². The molecule has 0 saturated carbocycles. The molecule has 0 unspecified atom stereocenters. The van der Waals surface area contributed by atoms with Crippen molar-refractivity contribution in [3.05, 3.63) is 0 Å². The number of carbonyl (C=O) groups excluding carboxylic acids is 2. The molecule has 4 N–H and O–H groups in total. The molecule has 2 bridgehead atoms. The zero-order valence-corrected chi connectivity index (χ0v) is 14.5. The lowest BCUT2D eigenvalue weighted by Crippen LogP contribution is -2.60. The van der Waals surface area contributed by atoms with Gasteiger partial charge in [0.15, 0.2) is 0 Å². The summed E-state index contributed by atoms with van der Waals surface area (Å²) in [5, 5.41) is 38.8. The maximum absolute atomic E-state index is 12.9. The minimum Gasteiger partial charge on any atom is -0.469 e. The van der Waals surface area contributed by atoms with Crippen molar-refractivity contribution in [2.75, 3.05) is 13.7 Å². The number of hydrogen-bond acceptors (Lipinski definition) is 10. The Bertz CT molecular complexity index is 565. The molecular formula is C16H24O10. The molecule has 3 fully saturated rings. The molecule has 10 nitrogen and oxygen atoms in total. The molecule has 26 heavy (non-hydrogen) atoms. The normalized spacial score (nSPS) is 47.6. The highest BCUT2D eigenvalue weighted by molar-refractivity contribution is 5.87. The summed E-state index contributed by atoms with van der Waals surface area (Å²) in [7, 11) is 1.22. The van der Waals surface area contributed by atoms with Gasteiger partial charge in [0.2, 0.25) is 6.29 Å². The van der Waals surface area contributed by atoms with Crippen LogP contribution in [-0.2, 0) is 28.5 Å². The Labute approximate surface area is 149 Å². The molecule has 3 heterocycles. The van der Waals surface area contributed by atoms with Gasteiger partial charge in [-0.2, -0.15) is 0 Å². The van der Waals surface area contributed by atoms with Crippen LogP contribution in [0.25, 0.3) is 0 Å². The average Bonchev–Trinajstić information content (AvgIpc) is 3.21. The molecule has 0 aromatic carbocycles. The number of fused-ring (bicyclic) bond motifs is 2. The Hall–Kier alpha value is -1.30. The van der Waals surface area contributed by atoms with E-state index >= 15 is 0 Å². The molecule has 10 heteroatoms. The van der Waals surface area contributed by atoms with Crippen LogP contribution in [0.5, 0.6) is 0 Å². The van der Waals surface area contributed by atoms with E-state index in [9.17, 15) is 30.0 Å². The highest BCUT2D eigenvalue weighted by atomic mass is 16.7. The lowest BCUT2D eigenvalue weighted by atomic mass is 9.67. The van der Waals surface area contributed by atoms with Crippen LogP contribution in [0, 0.1) is 11.3 Å². The van der Waals surface area contributed by atoms with Crippen molar-refractivity contribution < 1.29 is 49.0 Å². The third kappa shape index (κ3) is 2.81. The summed E-state index contributed by atoms with van der Waals surface area (Å²) in [6.07, 6.45) is -7.57. The van der Waals surface area contributed by atoms with E-state index in [-0.39, 0.29) is 0 Å². The van der Waals surface area contributed by atoms with Crippen molar-refractivity contribution in [2.45, 2.75) is 62.7 Å². The largest absolute Gasteiger partial charge is 0.469 e. The van der Waals surface area contributed by atoms with Gasteiger partial charge in [-0.15, -0.1) is 0 Å². The molecule has 0 aromatic rings. The summed E-state index contributed by atoms with van der Waals surface area (Å²) >= 11 is 0. The minimum absolute atomic E-state index is 0.459. The van der Waals surface area contributed by atoms with Gasteiger partial charge in [-0.25, -0.2) is 0 Å². The van der Waals surface area contributed by atoms with Gasteiger partial charge in [-0.1, -0.05) is 0 Å². The van der Waals surface area contributed by atoms with Gasteiger partial charge < -0.3 is 39.4 Å². The molecule has 3 rings (SSSR count). The van der Waals surface area contributed by atoms with Gasteiger partial charge in [0.1, 0.15) is 35.7 Å². The molecule has 0 radical (unpaired) electrons. The smallest absolute Gasteiger partial charge is 0.317 e. The van der Waals surface area contributed by atoms with E-state index in [0.717, 1.165) is 0 Å². The molecular weight excluding hydrogens is 352 g/mol. The molecule has 0 amide bonds. The van der Waals surface area contributed by atoms with Gasteiger partial charge in [-0.05, 0) is 19.8 Å². The first-order valence-electron chi connectivity index (χ1n) is 8.50. The zero-order valence-electron chi connectivity index (χ0n) is 14.5. The predicted molar refractivity (Wildman–Crippen MR) is 81.4 cm³/mol. The lowest BCUT2D eigenvalue weighted by molar-refractivity contribution is -0.296. The summed E-state index contributed by atoms with van der Waals surface area (Å²) in [5.41, 5.74) is -1.34. The molecule has 0 spiro atoms. The summed E-state index contributed by atoms with van der Waals surface area (Å²) in [5.74, 6) is -2.29. The van der Waals surface area contributed by atoms with Crippen molar-refractivity contribution in [3.8, 4) is 0 Å². The zero-order chi connectivity index (χ0) is 19.2. The number of rotatable bonds is 4. The van der Waals surface area contributed by atoms with Crippen molar-refractivity contribution in [1.29, 1.82) is 0 Å². The number of methoxy groups -OCH3 is 1. The first kappa shape index (κ1) is 19.5. The SMILES string of the molecule is COC(=O)[C@H]1[C@@H]2CC[C@@H](O2)[C@]1(C)C(=O)O[C@@H]1O[C@H](CO)[C@@H](O)[C@H](O)[C@H]1O. The van der Waals surface area contributed by atoms with Crippen LogP contribution in [0.4, 0.5) is 0 Å². The number of carbonyl (C=O) groups is 2. The van der Waals surface area contributed by atoms with E-state index in [0.29, 0.717) is 12.8 Å². The fraction of sp³-hybridized carbons (Fsp3) is 0.875. The van der Waals surface area contributed by atoms with Crippen molar-refractivity contribution >= 4 is 11.9 Å². The van der Waals surface area contributed by atoms with Gasteiger partial charge in [0.25, 0.3) is 0 Å². The third-order valence-corrected chi connectivity index (χ3v) is 5.71. The van der Waals surface area contributed by atoms with E-state index in [1.54, 1.807) is 0 Å². The van der Waals surface area contributed by atoms with E-state index in [2.05, 4.69) is 0 Å². The number of aliphatic hydroxyl groups is 4. The van der Waals surface area contributed by atoms with Crippen LogP contribution in [0.15, 0.2) is 0 Å². The van der Waals surface area contributed by atoms with Crippen LogP contribution in [0.3, 0.4) is 0 Å². The van der Waals surface area contributed by atoms with Crippen molar-refractivity contribution in [1.82, 2.24) is 0 Å². The maximum Gasteiger partial charge on any atom is 0.317 e. The Morgan fingerprint density at radius 1 is 1.12 bits per heavy atom. The van der Waals surface area contributed by atoms with Crippen molar-refractivity contribution in [3.63, 3.8) is 0 Å². The highest BCUT2D eigenvalue weighted by Gasteiger charge is 2.65. The number of ether oxygens (including phenoxy) is 4. The number of esters is 2. The van der Waals surface area contributed by atoms with Crippen LogP contribution in [-0.4, -0.2) is 89.0 Å². The number of aliphatic hydroxyl groups excluding tert-OH is 4. The fourth-order valence-corrected chi connectivity index (χ4v) is 4.11. The first-order chi connectivity index (χ1) is 12.2. The van der Waals surface area contributed by atoms with Gasteiger partial charge in [-0.3, -0.25) is 9.59 Å². The molecule has 3 aliphatic rings. The van der Waals surface area contributed by atoms with Crippen molar-refractivity contribution in [2.24, 2.45) is 11.3 Å². The topological polar surface area (TPSA) is 152 Å². The van der Waals surface area contributed by atoms with Crippen LogP contribution in [0.1, 0.15) is 19.8 Å². The van der Waals surface area contributed by atoms with E-state index < -0.39 is 72.8 Å². The summed E-state index contributed by atoms with van der Waals surface area (Å²) in [4.78, 5) is 25.1. The molecule has 148 valence electrons. The minimum atomic E-state index is -1.71. The van der Waals surface area contributed by atoms with E-state index in [1.807, 2.05) is 0 Å². The summed E-state index contributed by atoms with van der Waals surface area (Å²) in [6, 6.07) is 0. The first-order valence-corrected chi connectivity index (χ1v) is 8.50. The quantitative estimate of drug-likeness (QED) is 0.394. The fourth-order valence-electron chi connectivity index (χ4n) is 4.11.